The van der Waals surface area contributed by atoms with Gasteiger partial charge >= 0.3 is 0 Å². The van der Waals surface area contributed by atoms with Gasteiger partial charge in [0.05, 0.1) is 0 Å². The summed E-state index contributed by atoms with van der Waals surface area (Å²) in [5.74, 6) is 1.28. The molecule has 0 radical (unpaired) electrons. The zero-order chi connectivity index (χ0) is 26.7. The molecule has 1 aliphatic carbocycles. The lowest BCUT2D eigenvalue weighted by atomic mass is 9.79. The van der Waals surface area contributed by atoms with Gasteiger partial charge in [0, 0.05) is 48.5 Å². The molecule has 1 aliphatic heterocycles. The number of aromatic nitrogens is 4. The third kappa shape index (κ3) is 6.00. The second-order valence-electron chi connectivity index (χ2n) is 9.95. The molecule has 1 saturated carbocycles. The second kappa shape index (κ2) is 11.5. The molecule has 2 aromatic carbocycles. The predicted octanol–water partition coefficient (Wildman–Crippen LogP) is 6.39. The monoisotopic (exact) mass is 573 g/mol. The van der Waals surface area contributed by atoms with Crippen LogP contribution in [0.15, 0.2) is 83.2 Å². The van der Waals surface area contributed by atoms with Crippen LogP contribution in [0.3, 0.4) is 0 Å². The van der Waals surface area contributed by atoms with Crippen molar-refractivity contribution in [3.8, 4) is 0 Å². The first-order valence-electron chi connectivity index (χ1n) is 13.0. The van der Waals surface area contributed by atoms with Gasteiger partial charge < -0.3 is 15.5 Å². The Hall–Kier alpha value is -3.27. The Morgan fingerprint density at radius 1 is 0.949 bits per heavy atom. The predicted molar refractivity (Wildman–Crippen MR) is 160 cm³/mol. The van der Waals surface area contributed by atoms with Gasteiger partial charge in [0.15, 0.2) is 10.3 Å². The molecule has 3 heterocycles. The molecule has 10 heteroatoms. The van der Waals surface area contributed by atoms with Gasteiger partial charge in [-0.1, -0.05) is 60.8 Å². The first-order chi connectivity index (χ1) is 19.1. The van der Waals surface area contributed by atoms with Crippen LogP contribution in [-0.4, -0.2) is 31.6 Å². The highest BCUT2D eigenvalue weighted by molar-refractivity contribution is 7.99. The van der Waals surface area contributed by atoms with Gasteiger partial charge in [0.25, 0.3) is 0 Å². The normalized spacial score (nSPS) is 15.7. The molecule has 39 heavy (non-hydrogen) atoms. The summed E-state index contributed by atoms with van der Waals surface area (Å²) in [6.07, 6.45) is 8.10. The SMILES string of the molecule is S=C(NCC1(c2ccc(Cl)cc2)CCCC1)Nc1nc(Sc2ncccn2)cc(N2Cc3ccccc3C2)n1. The number of rotatable bonds is 7. The van der Waals surface area contributed by atoms with Crippen molar-refractivity contribution < 1.29 is 0 Å². The largest absolute Gasteiger partial charge is 0.361 e. The van der Waals surface area contributed by atoms with Gasteiger partial charge in [0.1, 0.15) is 10.8 Å². The van der Waals surface area contributed by atoms with Crippen LogP contribution in [0.1, 0.15) is 42.4 Å². The number of anilines is 2. The van der Waals surface area contributed by atoms with Crippen LogP contribution in [0.4, 0.5) is 11.8 Å². The third-order valence-corrected chi connectivity index (χ3v) is 8.73. The maximum atomic E-state index is 6.16. The molecule has 0 spiro atoms. The highest BCUT2D eigenvalue weighted by Crippen LogP contribution is 2.41. The van der Waals surface area contributed by atoms with Gasteiger partial charge in [-0.25, -0.2) is 15.0 Å². The molecule has 0 unspecified atom stereocenters. The molecular formula is C29H28ClN7S2. The Bertz CT molecular complexity index is 1440. The number of benzene rings is 2. The minimum Gasteiger partial charge on any atom is -0.361 e. The molecule has 4 aromatic rings. The molecule has 198 valence electrons. The quantitative estimate of drug-likeness (QED) is 0.148. The number of hydrogen-bond acceptors (Lipinski definition) is 7. The van der Waals surface area contributed by atoms with Crippen molar-refractivity contribution in [3.05, 3.63) is 94.8 Å². The van der Waals surface area contributed by atoms with E-state index in [2.05, 4.69) is 61.9 Å². The fourth-order valence-electron chi connectivity index (χ4n) is 5.43. The summed E-state index contributed by atoms with van der Waals surface area (Å²) in [6, 6.07) is 20.5. The smallest absolute Gasteiger partial charge is 0.232 e. The molecule has 7 nitrogen and oxygen atoms in total. The molecule has 2 N–H and O–H groups in total. The molecule has 2 aromatic heterocycles. The van der Waals surface area contributed by atoms with Gasteiger partial charge in [-0.15, -0.1) is 0 Å². The van der Waals surface area contributed by atoms with Crippen molar-refractivity contribution in [2.24, 2.45) is 0 Å². The summed E-state index contributed by atoms with van der Waals surface area (Å²) in [7, 11) is 0. The van der Waals surface area contributed by atoms with E-state index in [-0.39, 0.29) is 5.41 Å². The van der Waals surface area contributed by atoms with E-state index in [1.54, 1.807) is 18.5 Å². The molecule has 1 fully saturated rings. The molecule has 0 amide bonds. The van der Waals surface area contributed by atoms with Gasteiger partial charge in [-0.3, -0.25) is 0 Å². The highest BCUT2D eigenvalue weighted by Gasteiger charge is 2.35. The van der Waals surface area contributed by atoms with Crippen molar-refractivity contribution >= 4 is 52.5 Å². The van der Waals surface area contributed by atoms with Crippen LogP contribution < -0.4 is 15.5 Å². The maximum Gasteiger partial charge on any atom is 0.232 e. The molecule has 0 atom stereocenters. The van der Waals surface area contributed by atoms with Gasteiger partial charge in [0.2, 0.25) is 5.95 Å². The average molecular weight is 574 g/mol. The Morgan fingerprint density at radius 2 is 1.64 bits per heavy atom. The van der Waals surface area contributed by atoms with Crippen molar-refractivity contribution in [2.75, 3.05) is 16.8 Å². The molecule has 0 bridgehead atoms. The van der Waals surface area contributed by atoms with Crippen molar-refractivity contribution in [2.45, 2.75) is 54.4 Å². The van der Waals surface area contributed by atoms with E-state index in [4.69, 9.17) is 33.8 Å². The molecule has 0 saturated heterocycles. The van der Waals surface area contributed by atoms with Crippen LogP contribution in [-0.2, 0) is 18.5 Å². The summed E-state index contributed by atoms with van der Waals surface area (Å²) < 4.78 is 0. The first-order valence-corrected chi connectivity index (χ1v) is 14.6. The summed E-state index contributed by atoms with van der Waals surface area (Å²) >= 11 is 13.3. The Labute approximate surface area is 242 Å². The number of halogens is 1. The second-order valence-corrected chi connectivity index (χ2v) is 11.8. The standard InChI is InChI=1S/C29H28ClN7S2/c30-23-10-8-22(9-11-23)29(12-3-4-13-29)19-33-27(38)36-26-34-24(37-17-20-6-1-2-7-21(20)18-37)16-25(35-26)39-28-31-14-5-15-32-28/h1-2,5-11,14-16H,3-4,12-13,17-19H2,(H2,33,34,35,36,38). The Kier molecular flexibility index (Phi) is 7.63. The topological polar surface area (TPSA) is 78.9 Å². The van der Waals surface area contributed by atoms with E-state index in [0.29, 0.717) is 16.2 Å². The van der Waals surface area contributed by atoms with E-state index in [9.17, 15) is 0 Å². The van der Waals surface area contributed by atoms with E-state index >= 15 is 0 Å². The maximum absolute atomic E-state index is 6.16. The van der Waals surface area contributed by atoms with Crippen LogP contribution in [0.25, 0.3) is 0 Å². The zero-order valence-electron chi connectivity index (χ0n) is 21.3. The van der Waals surface area contributed by atoms with Crippen molar-refractivity contribution in [1.82, 2.24) is 25.3 Å². The number of thiocarbonyl (C=S) groups is 1. The molecular weight excluding hydrogens is 546 g/mol. The zero-order valence-corrected chi connectivity index (χ0v) is 23.7. The van der Waals surface area contributed by atoms with Crippen LogP contribution >= 0.6 is 35.6 Å². The first kappa shape index (κ1) is 26.0. The van der Waals surface area contributed by atoms with Crippen LogP contribution in [0.2, 0.25) is 5.02 Å². The molecule has 6 rings (SSSR count). The van der Waals surface area contributed by atoms with Crippen LogP contribution in [0, 0.1) is 0 Å². The van der Waals surface area contributed by atoms with Gasteiger partial charge in [-0.05, 0) is 71.7 Å². The van der Waals surface area contributed by atoms with Gasteiger partial charge in [-0.2, -0.15) is 4.98 Å². The molecule has 2 aliphatic rings. The number of fused-ring (bicyclic) bond motifs is 1. The van der Waals surface area contributed by atoms with E-state index in [0.717, 1.165) is 48.3 Å². The summed E-state index contributed by atoms with van der Waals surface area (Å²) in [5, 5.41) is 9.35. The lowest BCUT2D eigenvalue weighted by Gasteiger charge is -2.30. The fourth-order valence-corrected chi connectivity index (χ4v) is 6.43. The lowest BCUT2D eigenvalue weighted by molar-refractivity contribution is 0.435. The fraction of sp³-hybridized carbons (Fsp3) is 0.276. The number of hydrogen-bond donors (Lipinski definition) is 2. The van der Waals surface area contributed by atoms with E-state index in [1.165, 1.54) is 41.3 Å². The average Bonchev–Trinajstić information content (AvgIpc) is 3.61. The lowest BCUT2D eigenvalue weighted by Crippen LogP contribution is -2.41. The summed E-state index contributed by atoms with van der Waals surface area (Å²) in [5.41, 5.74) is 3.96. The highest BCUT2D eigenvalue weighted by atomic mass is 35.5. The third-order valence-electron chi connectivity index (χ3n) is 7.42. The minimum absolute atomic E-state index is 0.0338. The summed E-state index contributed by atoms with van der Waals surface area (Å²) in [6.45, 7) is 2.33. The Balaban J connectivity index is 1.21. The minimum atomic E-state index is 0.0338. The number of nitrogens with one attached hydrogen (secondary N) is 2. The van der Waals surface area contributed by atoms with E-state index in [1.807, 2.05) is 18.2 Å². The van der Waals surface area contributed by atoms with Crippen molar-refractivity contribution in [1.29, 1.82) is 0 Å². The summed E-state index contributed by atoms with van der Waals surface area (Å²) in [4.78, 5) is 20.5. The Morgan fingerprint density at radius 3 is 2.33 bits per heavy atom. The van der Waals surface area contributed by atoms with E-state index < -0.39 is 0 Å². The van der Waals surface area contributed by atoms with Crippen LogP contribution in [0.5, 0.6) is 0 Å². The van der Waals surface area contributed by atoms with Crippen molar-refractivity contribution in [3.63, 3.8) is 0 Å². The number of nitrogens with zero attached hydrogens (tertiary/aromatic N) is 5.